The van der Waals surface area contributed by atoms with E-state index < -0.39 is 28.4 Å². The number of aryl methyl sites for hydroxylation is 1. The van der Waals surface area contributed by atoms with E-state index in [4.69, 9.17) is 5.11 Å². The Morgan fingerprint density at radius 3 is 2.50 bits per heavy atom. The second-order valence-electron chi connectivity index (χ2n) is 4.21. The maximum absolute atomic E-state index is 11.6. The topological polar surface area (TPSA) is 138 Å². The Bertz CT molecular complexity index is 619. The molecule has 1 amide bonds. The van der Waals surface area contributed by atoms with Gasteiger partial charge in [0.1, 0.15) is 5.69 Å². The number of carboxylic acids is 1. The van der Waals surface area contributed by atoms with Crippen molar-refractivity contribution < 1.29 is 27.9 Å². The predicted molar refractivity (Wildman–Crippen MR) is 69.8 cm³/mol. The number of hydrogen-bond donors (Lipinski definition) is 4. The summed E-state index contributed by atoms with van der Waals surface area (Å²) in [5, 5.41) is 8.90. The summed E-state index contributed by atoms with van der Waals surface area (Å²) in [5.41, 5.74) is -0.0604. The largest absolute Gasteiger partial charge is 0.477 e. The Labute approximate surface area is 115 Å². The van der Waals surface area contributed by atoms with Crippen molar-refractivity contribution in [3.63, 3.8) is 0 Å². The number of aromatic carboxylic acids is 1. The molecule has 0 bridgehead atoms. The molecule has 20 heavy (non-hydrogen) atoms. The molecule has 4 N–H and O–H groups in total. The van der Waals surface area contributed by atoms with E-state index in [1.165, 1.54) is 6.07 Å². The zero-order valence-electron chi connectivity index (χ0n) is 11.1. The van der Waals surface area contributed by atoms with E-state index in [9.17, 15) is 18.0 Å². The van der Waals surface area contributed by atoms with Crippen LogP contribution in [-0.4, -0.2) is 36.7 Å². The van der Waals surface area contributed by atoms with Crippen molar-refractivity contribution in [3.8, 4) is 0 Å². The van der Waals surface area contributed by atoms with Crippen LogP contribution in [0.4, 0.5) is 10.5 Å². The first-order valence-corrected chi connectivity index (χ1v) is 7.03. The maximum Gasteiger partial charge on any atom is 0.422 e. The van der Waals surface area contributed by atoms with Crippen LogP contribution in [0.2, 0.25) is 0 Å². The standard InChI is InChI=1S/C10H15N3O6S/c1-5(2)19-10(16)13-20(17,18)12-7-4-6(3)11-8(7)9(14)15/h4-5,11-12H,1-3H3,(H,13,16)(H,14,15). The Hall–Kier alpha value is -2.23. The highest BCUT2D eigenvalue weighted by atomic mass is 32.2. The van der Waals surface area contributed by atoms with Crippen LogP contribution in [0.3, 0.4) is 0 Å². The number of H-pyrrole nitrogens is 1. The smallest absolute Gasteiger partial charge is 0.422 e. The van der Waals surface area contributed by atoms with Crippen molar-refractivity contribution in [3.05, 3.63) is 17.5 Å². The Balaban J connectivity index is 2.86. The third-order valence-electron chi connectivity index (χ3n) is 1.97. The summed E-state index contributed by atoms with van der Waals surface area (Å²) in [5.74, 6) is -1.33. The molecule has 1 aromatic heterocycles. The van der Waals surface area contributed by atoms with Gasteiger partial charge in [0.2, 0.25) is 0 Å². The molecule has 0 spiro atoms. The fourth-order valence-electron chi connectivity index (χ4n) is 1.36. The van der Waals surface area contributed by atoms with Crippen LogP contribution in [0.1, 0.15) is 30.0 Å². The molecule has 0 aliphatic carbocycles. The second kappa shape index (κ2) is 5.82. The molecule has 0 atom stereocenters. The van der Waals surface area contributed by atoms with E-state index in [0.717, 1.165) is 0 Å². The molecule has 0 radical (unpaired) electrons. The fourth-order valence-corrected chi connectivity index (χ4v) is 2.13. The average molecular weight is 305 g/mol. The number of aromatic amines is 1. The molecule has 0 aromatic carbocycles. The van der Waals surface area contributed by atoms with Crippen molar-refractivity contribution in [2.24, 2.45) is 0 Å². The molecule has 0 saturated carbocycles. The molecular weight excluding hydrogens is 290 g/mol. The van der Waals surface area contributed by atoms with Crippen molar-refractivity contribution in [1.29, 1.82) is 0 Å². The number of carbonyl (C=O) groups is 2. The Morgan fingerprint density at radius 2 is 2.00 bits per heavy atom. The molecule has 1 aromatic rings. The van der Waals surface area contributed by atoms with Gasteiger partial charge in [0.15, 0.2) is 0 Å². The van der Waals surface area contributed by atoms with Crippen molar-refractivity contribution in [2.75, 3.05) is 4.72 Å². The minimum absolute atomic E-state index is 0.181. The molecule has 10 heteroatoms. The monoisotopic (exact) mass is 305 g/mol. The van der Waals surface area contributed by atoms with Gasteiger partial charge in [-0.05, 0) is 26.8 Å². The van der Waals surface area contributed by atoms with Crippen LogP contribution in [0.15, 0.2) is 6.07 Å². The minimum Gasteiger partial charge on any atom is -0.477 e. The number of carbonyl (C=O) groups excluding carboxylic acids is 1. The summed E-state index contributed by atoms with van der Waals surface area (Å²) >= 11 is 0. The SMILES string of the molecule is Cc1cc(NS(=O)(=O)NC(=O)OC(C)C)c(C(=O)O)[nH]1. The van der Waals surface area contributed by atoms with Gasteiger partial charge < -0.3 is 14.8 Å². The van der Waals surface area contributed by atoms with E-state index in [1.54, 1.807) is 25.5 Å². The van der Waals surface area contributed by atoms with Gasteiger partial charge in [0.05, 0.1) is 11.8 Å². The van der Waals surface area contributed by atoms with Gasteiger partial charge in [-0.15, -0.1) is 0 Å². The summed E-state index contributed by atoms with van der Waals surface area (Å²) in [7, 11) is -4.28. The number of amides is 1. The molecule has 9 nitrogen and oxygen atoms in total. The minimum atomic E-state index is -4.28. The lowest BCUT2D eigenvalue weighted by Gasteiger charge is -2.11. The van der Waals surface area contributed by atoms with Crippen LogP contribution in [0, 0.1) is 6.92 Å². The van der Waals surface area contributed by atoms with Crippen molar-refractivity contribution >= 4 is 28.0 Å². The average Bonchev–Trinajstić information content (AvgIpc) is 2.55. The molecule has 1 heterocycles. The molecule has 0 fully saturated rings. The van der Waals surface area contributed by atoms with Gasteiger partial charge >= 0.3 is 22.3 Å². The number of rotatable bonds is 5. The number of aromatic nitrogens is 1. The van der Waals surface area contributed by atoms with Crippen molar-refractivity contribution in [1.82, 2.24) is 9.71 Å². The summed E-state index contributed by atoms with van der Waals surface area (Å²) in [6.07, 6.45) is -1.65. The summed E-state index contributed by atoms with van der Waals surface area (Å²) in [4.78, 5) is 24.6. The molecule has 0 saturated heterocycles. The molecule has 0 aliphatic heterocycles. The van der Waals surface area contributed by atoms with E-state index in [0.29, 0.717) is 5.69 Å². The summed E-state index contributed by atoms with van der Waals surface area (Å²) in [6.45, 7) is 4.67. The molecule has 1 rings (SSSR count). The maximum atomic E-state index is 11.6. The second-order valence-corrected chi connectivity index (χ2v) is 5.62. The zero-order chi connectivity index (χ0) is 15.5. The lowest BCUT2D eigenvalue weighted by molar-refractivity contribution is 0.0692. The first-order chi connectivity index (χ1) is 9.10. The Kier molecular flexibility index (Phi) is 4.61. The lowest BCUT2D eigenvalue weighted by atomic mass is 10.4. The molecule has 0 aliphatic rings. The van der Waals surface area contributed by atoms with E-state index in [-0.39, 0.29) is 11.4 Å². The number of ether oxygens (including phenoxy) is 1. The quantitative estimate of drug-likeness (QED) is 0.635. The van der Waals surface area contributed by atoms with E-state index in [2.05, 4.69) is 9.72 Å². The van der Waals surface area contributed by atoms with E-state index >= 15 is 0 Å². The number of anilines is 1. The van der Waals surface area contributed by atoms with Crippen LogP contribution in [0.25, 0.3) is 0 Å². The van der Waals surface area contributed by atoms with Crippen LogP contribution in [-0.2, 0) is 14.9 Å². The third-order valence-corrected chi connectivity index (χ3v) is 2.90. The summed E-state index contributed by atoms with van der Waals surface area (Å²) in [6, 6.07) is 1.29. The van der Waals surface area contributed by atoms with Gasteiger partial charge in [-0.2, -0.15) is 8.42 Å². The van der Waals surface area contributed by atoms with Gasteiger partial charge in [0, 0.05) is 5.69 Å². The molecular formula is C10H15N3O6S. The first-order valence-electron chi connectivity index (χ1n) is 5.55. The van der Waals surface area contributed by atoms with Crippen molar-refractivity contribution in [2.45, 2.75) is 26.9 Å². The van der Waals surface area contributed by atoms with Gasteiger partial charge in [-0.25, -0.2) is 14.3 Å². The van der Waals surface area contributed by atoms with Crippen LogP contribution >= 0.6 is 0 Å². The first kappa shape index (κ1) is 15.8. The van der Waals surface area contributed by atoms with Gasteiger partial charge in [-0.3, -0.25) is 4.72 Å². The van der Waals surface area contributed by atoms with Gasteiger partial charge in [0.25, 0.3) is 0 Å². The highest BCUT2D eigenvalue weighted by Crippen LogP contribution is 2.17. The fraction of sp³-hybridized carbons (Fsp3) is 0.400. The van der Waals surface area contributed by atoms with Crippen LogP contribution in [0.5, 0.6) is 0 Å². The zero-order valence-corrected chi connectivity index (χ0v) is 11.9. The third kappa shape index (κ3) is 4.46. The predicted octanol–water partition coefficient (Wildman–Crippen LogP) is 0.813. The number of hydrogen-bond acceptors (Lipinski definition) is 5. The highest BCUT2D eigenvalue weighted by Gasteiger charge is 2.21. The molecule has 0 unspecified atom stereocenters. The lowest BCUT2D eigenvalue weighted by Crippen LogP contribution is -2.37. The van der Waals surface area contributed by atoms with Crippen LogP contribution < -0.4 is 9.44 Å². The Morgan fingerprint density at radius 1 is 1.40 bits per heavy atom. The number of carboxylic acid groups (broad SMARTS) is 1. The van der Waals surface area contributed by atoms with E-state index in [1.807, 2.05) is 4.72 Å². The molecule has 112 valence electrons. The highest BCUT2D eigenvalue weighted by molar-refractivity contribution is 7.91. The summed E-state index contributed by atoms with van der Waals surface area (Å²) < 4.78 is 31.5. The van der Waals surface area contributed by atoms with Gasteiger partial charge in [-0.1, -0.05) is 0 Å². The normalized spacial score (nSPS) is 11.2. The number of nitrogens with one attached hydrogen (secondary N) is 3.